The maximum absolute atomic E-state index is 12.3. The van der Waals surface area contributed by atoms with Crippen LogP contribution < -0.4 is 10.0 Å². The van der Waals surface area contributed by atoms with E-state index in [0.29, 0.717) is 6.54 Å². The highest BCUT2D eigenvalue weighted by Crippen LogP contribution is 2.24. The first kappa shape index (κ1) is 20.4. The number of carbonyl (C=O) groups excluding carboxylic acids is 1. The molecule has 1 atom stereocenters. The first-order chi connectivity index (χ1) is 12.4. The second-order valence-electron chi connectivity index (χ2n) is 5.88. The van der Waals surface area contributed by atoms with E-state index in [4.69, 9.17) is 0 Å². The van der Waals surface area contributed by atoms with Crippen molar-refractivity contribution in [1.82, 2.24) is 14.9 Å². The Hall–Kier alpha value is -1.90. The summed E-state index contributed by atoms with van der Waals surface area (Å²) in [6.07, 6.45) is 0. The lowest BCUT2D eigenvalue weighted by atomic mass is 10.2. The zero-order valence-corrected chi connectivity index (χ0v) is 16.9. The molecule has 26 heavy (non-hydrogen) atoms. The van der Waals surface area contributed by atoms with E-state index in [-0.39, 0.29) is 10.9 Å². The Morgan fingerprint density at radius 3 is 2.35 bits per heavy atom. The molecule has 2 N–H and O–H groups in total. The van der Waals surface area contributed by atoms with Crippen LogP contribution in [0.3, 0.4) is 0 Å². The van der Waals surface area contributed by atoms with Crippen LogP contribution in [-0.4, -0.2) is 39.0 Å². The Morgan fingerprint density at radius 1 is 1.15 bits per heavy atom. The predicted molar refractivity (Wildman–Crippen MR) is 105 cm³/mol. The van der Waals surface area contributed by atoms with Crippen LogP contribution >= 0.6 is 11.3 Å². The summed E-state index contributed by atoms with van der Waals surface area (Å²) >= 11 is 1.62. The van der Waals surface area contributed by atoms with Crippen molar-refractivity contribution < 1.29 is 13.2 Å². The highest BCUT2D eigenvalue weighted by atomic mass is 32.2. The summed E-state index contributed by atoms with van der Waals surface area (Å²) in [5.41, 5.74) is 0.950. The third-order valence-corrected chi connectivity index (χ3v) is 6.46. The third kappa shape index (κ3) is 5.30. The van der Waals surface area contributed by atoms with Gasteiger partial charge < -0.3 is 5.32 Å². The first-order valence-corrected chi connectivity index (χ1v) is 10.9. The predicted octanol–water partition coefficient (Wildman–Crippen LogP) is 3.13. The molecule has 0 saturated heterocycles. The fourth-order valence-corrected chi connectivity index (χ4v) is 4.47. The smallest absolute Gasteiger partial charge is 0.328 e. The number of sulfonamides is 1. The number of thiophene rings is 1. The number of amides is 2. The Labute approximate surface area is 159 Å². The third-order valence-electron chi connectivity index (χ3n) is 4.14. The van der Waals surface area contributed by atoms with Crippen LogP contribution in [0.4, 0.5) is 4.79 Å². The van der Waals surface area contributed by atoms with Gasteiger partial charge >= 0.3 is 6.03 Å². The minimum atomic E-state index is -3.88. The van der Waals surface area contributed by atoms with Crippen LogP contribution in [0.25, 0.3) is 0 Å². The first-order valence-electron chi connectivity index (χ1n) is 8.52. The van der Waals surface area contributed by atoms with Gasteiger partial charge in [0.25, 0.3) is 10.0 Å². The molecule has 0 radical (unpaired) electrons. The highest BCUT2D eigenvalue weighted by Gasteiger charge is 2.22. The lowest BCUT2D eigenvalue weighted by molar-refractivity contribution is 0.210. The SMILES string of the molecule is CCN(CC)C(CNC(=O)NS(=O)(=O)c1ccc(C)cc1)c1cccs1. The van der Waals surface area contributed by atoms with Gasteiger partial charge in [-0.2, -0.15) is 0 Å². The van der Waals surface area contributed by atoms with E-state index in [1.54, 1.807) is 23.5 Å². The van der Waals surface area contributed by atoms with Gasteiger partial charge in [0.1, 0.15) is 0 Å². The van der Waals surface area contributed by atoms with Gasteiger partial charge in [-0.3, -0.25) is 4.90 Å². The number of benzene rings is 1. The minimum absolute atomic E-state index is 0.0119. The van der Waals surface area contributed by atoms with E-state index >= 15 is 0 Å². The highest BCUT2D eigenvalue weighted by molar-refractivity contribution is 7.90. The van der Waals surface area contributed by atoms with Crippen molar-refractivity contribution in [1.29, 1.82) is 0 Å². The van der Waals surface area contributed by atoms with Crippen molar-refractivity contribution in [3.8, 4) is 0 Å². The van der Waals surface area contributed by atoms with E-state index in [9.17, 15) is 13.2 Å². The second-order valence-corrected chi connectivity index (χ2v) is 8.54. The van der Waals surface area contributed by atoms with E-state index < -0.39 is 16.1 Å². The Bertz CT molecular complexity index is 799. The van der Waals surface area contributed by atoms with Gasteiger partial charge in [-0.15, -0.1) is 11.3 Å². The Kier molecular flexibility index (Phi) is 7.19. The fraction of sp³-hybridized carbons (Fsp3) is 0.389. The zero-order chi connectivity index (χ0) is 19.2. The molecule has 1 aromatic carbocycles. The molecule has 6 nitrogen and oxygen atoms in total. The summed E-state index contributed by atoms with van der Waals surface area (Å²) in [6.45, 7) is 8.00. The molecular weight excluding hydrogens is 370 g/mol. The normalized spacial score (nSPS) is 12.8. The summed E-state index contributed by atoms with van der Waals surface area (Å²) in [6, 6.07) is 9.63. The standard InChI is InChI=1S/C18H25N3O3S2/c1-4-21(5-2)16(17-7-6-12-25-17)13-19-18(22)20-26(23,24)15-10-8-14(3)9-11-15/h6-12,16H,4-5,13H2,1-3H3,(H2,19,20,22). The number of nitrogens with zero attached hydrogens (tertiary/aromatic N) is 1. The topological polar surface area (TPSA) is 78.5 Å². The van der Waals surface area contributed by atoms with Gasteiger partial charge in [0.05, 0.1) is 10.9 Å². The van der Waals surface area contributed by atoms with Crippen molar-refractivity contribution >= 4 is 27.4 Å². The van der Waals surface area contributed by atoms with Crippen LogP contribution in [0.5, 0.6) is 0 Å². The second kappa shape index (κ2) is 9.16. The van der Waals surface area contributed by atoms with Crippen molar-refractivity contribution in [3.05, 3.63) is 52.2 Å². The van der Waals surface area contributed by atoms with Crippen LogP contribution in [0.1, 0.15) is 30.3 Å². The lowest BCUT2D eigenvalue weighted by Crippen LogP contribution is -2.43. The molecule has 0 aliphatic rings. The van der Waals surface area contributed by atoms with Crippen LogP contribution in [-0.2, 0) is 10.0 Å². The van der Waals surface area contributed by atoms with Gasteiger partial charge in [0.2, 0.25) is 0 Å². The molecule has 2 rings (SSSR count). The Morgan fingerprint density at radius 2 is 1.81 bits per heavy atom. The molecular formula is C18H25N3O3S2. The van der Waals surface area contributed by atoms with Gasteiger partial charge in [-0.05, 0) is 43.6 Å². The molecule has 2 amide bonds. The van der Waals surface area contributed by atoms with Crippen molar-refractivity contribution in [3.63, 3.8) is 0 Å². The Balaban J connectivity index is 2.02. The quantitative estimate of drug-likeness (QED) is 0.720. The molecule has 0 aliphatic carbocycles. The van der Waals surface area contributed by atoms with E-state index in [1.165, 1.54) is 12.1 Å². The van der Waals surface area contributed by atoms with Crippen molar-refractivity contribution in [2.24, 2.45) is 0 Å². The number of aryl methyl sites for hydroxylation is 1. The summed E-state index contributed by atoms with van der Waals surface area (Å²) < 4.78 is 26.7. The van der Waals surface area contributed by atoms with Gasteiger partial charge in [-0.1, -0.05) is 37.6 Å². The minimum Gasteiger partial charge on any atom is -0.335 e. The number of hydrogen-bond acceptors (Lipinski definition) is 5. The van der Waals surface area contributed by atoms with E-state index in [0.717, 1.165) is 23.5 Å². The van der Waals surface area contributed by atoms with Crippen LogP contribution in [0.15, 0.2) is 46.7 Å². The maximum Gasteiger partial charge on any atom is 0.328 e. The molecule has 142 valence electrons. The van der Waals surface area contributed by atoms with Gasteiger partial charge in [0.15, 0.2) is 0 Å². The number of urea groups is 1. The molecule has 0 bridgehead atoms. The molecule has 2 aromatic rings. The number of rotatable bonds is 8. The molecule has 1 unspecified atom stereocenters. The average molecular weight is 396 g/mol. The van der Waals surface area contributed by atoms with Gasteiger partial charge in [-0.25, -0.2) is 17.9 Å². The summed E-state index contributed by atoms with van der Waals surface area (Å²) in [4.78, 5) is 15.6. The molecule has 0 spiro atoms. The summed E-state index contributed by atoms with van der Waals surface area (Å²) in [5, 5.41) is 4.69. The van der Waals surface area contributed by atoms with Gasteiger partial charge in [0, 0.05) is 11.4 Å². The fourth-order valence-electron chi connectivity index (χ4n) is 2.68. The van der Waals surface area contributed by atoms with E-state index in [1.807, 2.05) is 24.4 Å². The molecule has 0 aliphatic heterocycles. The van der Waals surface area contributed by atoms with E-state index in [2.05, 4.69) is 28.8 Å². The number of hydrogen-bond donors (Lipinski definition) is 2. The lowest BCUT2D eigenvalue weighted by Gasteiger charge is -2.29. The number of likely N-dealkylation sites (N-methyl/N-ethyl adjacent to an activating group) is 1. The zero-order valence-electron chi connectivity index (χ0n) is 15.2. The monoisotopic (exact) mass is 395 g/mol. The molecule has 1 heterocycles. The van der Waals surface area contributed by atoms with Crippen LogP contribution in [0.2, 0.25) is 0 Å². The molecule has 1 aromatic heterocycles. The molecule has 8 heteroatoms. The summed E-state index contributed by atoms with van der Waals surface area (Å²) in [5.74, 6) is 0. The molecule has 0 saturated carbocycles. The maximum atomic E-state index is 12.3. The number of nitrogens with one attached hydrogen (secondary N) is 2. The van der Waals surface area contributed by atoms with Crippen molar-refractivity contribution in [2.75, 3.05) is 19.6 Å². The molecule has 0 fully saturated rings. The van der Waals surface area contributed by atoms with Crippen molar-refractivity contribution in [2.45, 2.75) is 31.7 Å². The average Bonchev–Trinajstić information content (AvgIpc) is 3.12. The van der Waals surface area contributed by atoms with Crippen LogP contribution in [0, 0.1) is 6.92 Å². The summed E-state index contributed by atoms with van der Waals surface area (Å²) in [7, 11) is -3.88. The largest absolute Gasteiger partial charge is 0.335 e. The number of carbonyl (C=O) groups is 1.